The summed E-state index contributed by atoms with van der Waals surface area (Å²) >= 11 is 5.46. The normalized spacial score (nSPS) is 27.0. The van der Waals surface area contributed by atoms with Gasteiger partial charge in [0.1, 0.15) is 5.92 Å². The molecule has 7 heteroatoms. The van der Waals surface area contributed by atoms with Gasteiger partial charge in [-0.1, -0.05) is 48.6 Å². The quantitative estimate of drug-likeness (QED) is 0.607. The molecule has 0 spiro atoms. The van der Waals surface area contributed by atoms with Crippen LogP contribution < -0.4 is 26.6 Å². The second-order valence-corrected chi connectivity index (χ2v) is 7.47. The zero-order valence-electron chi connectivity index (χ0n) is 15.1. The van der Waals surface area contributed by atoms with Crippen LogP contribution in [-0.2, 0) is 11.2 Å². The molecule has 0 saturated carbocycles. The maximum Gasteiger partial charge on any atom is 0.235 e. The van der Waals surface area contributed by atoms with Crippen molar-refractivity contribution >= 4 is 34.5 Å². The molecule has 2 aromatic rings. The highest BCUT2D eigenvalue weighted by Crippen LogP contribution is 2.33. The Morgan fingerprint density at radius 2 is 1.89 bits per heavy atom. The minimum absolute atomic E-state index is 0.170. The number of amides is 1. The molecule has 2 aliphatic heterocycles. The number of rotatable bonds is 3. The van der Waals surface area contributed by atoms with E-state index in [4.69, 9.17) is 18.0 Å². The first kappa shape index (κ1) is 17.9. The lowest BCUT2D eigenvalue weighted by atomic mass is 10.0. The van der Waals surface area contributed by atoms with Crippen LogP contribution in [0.2, 0.25) is 0 Å². The largest absolute Gasteiger partial charge is 0.349 e. The van der Waals surface area contributed by atoms with Crippen molar-refractivity contribution in [3.05, 3.63) is 60.2 Å². The van der Waals surface area contributed by atoms with E-state index < -0.39 is 12.1 Å². The second-order valence-electron chi connectivity index (χ2n) is 7.03. The summed E-state index contributed by atoms with van der Waals surface area (Å²) in [6.45, 7) is 2.15. The van der Waals surface area contributed by atoms with Gasteiger partial charge in [-0.25, -0.2) is 0 Å². The number of para-hydroxylation sites is 2. The molecule has 2 aromatic carbocycles. The number of hydrogen-bond acceptors (Lipinski definition) is 5. The molecular weight excluding hydrogens is 358 g/mol. The summed E-state index contributed by atoms with van der Waals surface area (Å²) in [6.07, 6.45) is 0.00555. The maximum absolute atomic E-state index is 12.8. The van der Waals surface area contributed by atoms with Crippen LogP contribution in [0.25, 0.3) is 0 Å². The molecule has 6 nitrogen and oxygen atoms in total. The Labute approximate surface area is 164 Å². The highest BCUT2D eigenvalue weighted by molar-refractivity contribution is 7.80. The first-order valence-corrected chi connectivity index (χ1v) is 9.49. The van der Waals surface area contributed by atoms with Gasteiger partial charge >= 0.3 is 0 Å². The highest BCUT2D eigenvalue weighted by Gasteiger charge is 2.41. The van der Waals surface area contributed by atoms with Crippen molar-refractivity contribution in [2.45, 2.75) is 31.8 Å². The van der Waals surface area contributed by atoms with Crippen molar-refractivity contribution in [2.75, 3.05) is 10.2 Å². The van der Waals surface area contributed by atoms with Gasteiger partial charge in [-0.15, -0.1) is 0 Å². The average molecular weight is 382 g/mol. The molecule has 0 bridgehead atoms. The van der Waals surface area contributed by atoms with E-state index in [0.717, 1.165) is 17.8 Å². The molecule has 0 aliphatic carbocycles. The topological polar surface area (TPSA) is 82.4 Å². The van der Waals surface area contributed by atoms with E-state index in [2.05, 4.69) is 39.9 Å². The Morgan fingerprint density at radius 1 is 1.19 bits per heavy atom. The van der Waals surface area contributed by atoms with Crippen molar-refractivity contribution in [1.29, 1.82) is 0 Å². The predicted molar refractivity (Wildman–Crippen MR) is 111 cm³/mol. The van der Waals surface area contributed by atoms with Crippen LogP contribution in [-0.4, -0.2) is 29.4 Å². The number of thiocarbonyl (C=S) groups is 1. The molecule has 0 aromatic heterocycles. The van der Waals surface area contributed by atoms with Gasteiger partial charge < -0.3 is 21.3 Å². The lowest BCUT2D eigenvalue weighted by Gasteiger charge is -2.42. The van der Waals surface area contributed by atoms with Crippen LogP contribution in [0.5, 0.6) is 0 Å². The number of nitrogens with one attached hydrogen (secondary N) is 3. The minimum Gasteiger partial charge on any atom is -0.349 e. The third-order valence-electron chi connectivity index (χ3n) is 5.13. The van der Waals surface area contributed by atoms with Crippen LogP contribution >= 0.6 is 12.2 Å². The zero-order chi connectivity index (χ0) is 19.0. The lowest BCUT2D eigenvalue weighted by molar-refractivity contribution is -0.126. The van der Waals surface area contributed by atoms with Gasteiger partial charge in [-0.05, 0) is 37.1 Å². The van der Waals surface area contributed by atoms with Gasteiger partial charge in [0, 0.05) is 17.4 Å². The smallest absolute Gasteiger partial charge is 0.235 e. The molecule has 2 aliphatic rings. The molecule has 4 unspecified atom stereocenters. The van der Waals surface area contributed by atoms with Gasteiger partial charge in [0.05, 0.1) is 11.2 Å². The van der Waals surface area contributed by atoms with Gasteiger partial charge in [0.2, 0.25) is 5.91 Å². The predicted octanol–water partition coefficient (Wildman–Crippen LogP) is 1.78. The summed E-state index contributed by atoms with van der Waals surface area (Å²) in [5.41, 5.74) is 9.56. The van der Waals surface area contributed by atoms with Crippen LogP contribution in [0.4, 0.5) is 11.4 Å². The molecule has 27 heavy (non-hydrogen) atoms. The van der Waals surface area contributed by atoms with Crippen LogP contribution in [0.1, 0.15) is 12.5 Å². The Kier molecular flexibility index (Phi) is 4.82. The van der Waals surface area contributed by atoms with Crippen LogP contribution in [0, 0.1) is 5.92 Å². The molecular formula is C20H23N5OS. The number of carbonyl (C=O) groups is 1. The molecule has 5 N–H and O–H groups in total. The summed E-state index contributed by atoms with van der Waals surface area (Å²) in [7, 11) is 0. The minimum atomic E-state index is -0.635. The molecule has 1 saturated heterocycles. The Bertz CT molecular complexity index is 858. The Hall–Kier alpha value is -2.48. The van der Waals surface area contributed by atoms with Gasteiger partial charge in [-0.2, -0.15) is 0 Å². The average Bonchev–Trinajstić information content (AvgIpc) is 2.97. The number of nitrogens with zero attached hydrogens (tertiary/aromatic N) is 1. The number of nitrogens with two attached hydrogens (primary N) is 1. The van der Waals surface area contributed by atoms with Crippen molar-refractivity contribution in [3.8, 4) is 0 Å². The third kappa shape index (κ3) is 3.41. The summed E-state index contributed by atoms with van der Waals surface area (Å²) in [5.74, 6) is -0.805. The van der Waals surface area contributed by atoms with Crippen molar-refractivity contribution in [3.63, 3.8) is 0 Å². The molecule has 1 fully saturated rings. The lowest BCUT2D eigenvalue weighted by Crippen LogP contribution is -2.71. The van der Waals surface area contributed by atoms with E-state index in [1.807, 2.05) is 42.5 Å². The monoisotopic (exact) mass is 381 g/mol. The first-order chi connectivity index (χ1) is 13.0. The van der Waals surface area contributed by atoms with Gasteiger partial charge in [0.25, 0.3) is 0 Å². The summed E-state index contributed by atoms with van der Waals surface area (Å²) in [5, 5.41) is 9.48. The number of hydrogen-bond donors (Lipinski definition) is 4. The Balaban J connectivity index is 1.49. The third-order valence-corrected chi connectivity index (χ3v) is 5.49. The number of benzene rings is 2. The van der Waals surface area contributed by atoms with E-state index in [1.165, 1.54) is 5.56 Å². The van der Waals surface area contributed by atoms with Crippen molar-refractivity contribution in [2.24, 2.45) is 11.7 Å². The fraction of sp³-hybridized carbons (Fsp3) is 0.300. The summed E-state index contributed by atoms with van der Waals surface area (Å²) < 4.78 is 0. The fourth-order valence-corrected chi connectivity index (χ4v) is 4.24. The molecule has 4 atom stereocenters. The van der Waals surface area contributed by atoms with E-state index in [9.17, 15) is 4.79 Å². The van der Waals surface area contributed by atoms with Crippen molar-refractivity contribution < 1.29 is 4.79 Å². The maximum atomic E-state index is 12.8. The Morgan fingerprint density at radius 3 is 2.63 bits per heavy atom. The molecule has 2 heterocycles. The number of anilines is 2. The van der Waals surface area contributed by atoms with Crippen LogP contribution in [0.15, 0.2) is 54.6 Å². The standard InChI is InChI=1S/C20H23N5OS/c1-12-11-13-7-5-6-10-15(13)25(12)20-23-17(21)16(18(26)24-20)19(27)22-14-8-3-2-4-9-14/h2-10,12,16-17,20,23H,11,21H2,1H3,(H,22,27)(H,24,26). The second kappa shape index (κ2) is 7.26. The number of carbonyl (C=O) groups excluding carboxylic acids is 1. The zero-order valence-corrected chi connectivity index (χ0v) is 15.9. The molecule has 1 amide bonds. The van der Waals surface area contributed by atoms with E-state index in [1.54, 1.807) is 0 Å². The fourth-order valence-electron chi connectivity index (χ4n) is 3.86. The summed E-state index contributed by atoms with van der Waals surface area (Å²) in [4.78, 5) is 15.4. The molecule has 4 rings (SSSR count). The van der Waals surface area contributed by atoms with Gasteiger partial charge in [0.15, 0.2) is 6.29 Å². The highest BCUT2D eigenvalue weighted by atomic mass is 32.1. The van der Waals surface area contributed by atoms with Crippen molar-refractivity contribution in [1.82, 2.24) is 10.6 Å². The molecule has 0 radical (unpaired) electrons. The van der Waals surface area contributed by atoms with Crippen LogP contribution in [0.3, 0.4) is 0 Å². The van der Waals surface area contributed by atoms with E-state index in [-0.39, 0.29) is 18.2 Å². The van der Waals surface area contributed by atoms with E-state index >= 15 is 0 Å². The van der Waals surface area contributed by atoms with E-state index in [0.29, 0.717) is 4.99 Å². The number of fused-ring (bicyclic) bond motifs is 1. The molecule has 140 valence electrons. The first-order valence-electron chi connectivity index (χ1n) is 9.09. The summed E-state index contributed by atoms with van der Waals surface area (Å²) in [6, 6.07) is 18.1. The SMILES string of the molecule is CC1Cc2ccccc2N1C1NC(=O)C(C(=S)Nc2ccccc2)C(N)N1. The van der Waals surface area contributed by atoms with Gasteiger partial charge in [-0.3, -0.25) is 10.1 Å².